The van der Waals surface area contributed by atoms with Crippen LogP contribution in [0.15, 0.2) is 58.1 Å². The molecule has 1 atom stereocenters. The fourth-order valence-corrected chi connectivity index (χ4v) is 4.38. The molecule has 0 fully saturated rings. The Balaban J connectivity index is 1.87. The lowest BCUT2D eigenvalue weighted by Crippen LogP contribution is -2.40. The number of hydrogen-bond donors (Lipinski definition) is 0. The van der Waals surface area contributed by atoms with E-state index < -0.39 is 0 Å². The highest BCUT2D eigenvalue weighted by atomic mass is 79.9. The van der Waals surface area contributed by atoms with Gasteiger partial charge >= 0.3 is 6.03 Å². The molecule has 2 amide bonds. The van der Waals surface area contributed by atoms with E-state index in [1.807, 2.05) is 60.3 Å². The minimum atomic E-state index is -0.195. The molecule has 154 valence electrons. The van der Waals surface area contributed by atoms with Gasteiger partial charge in [0.2, 0.25) is 0 Å². The lowest BCUT2D eigenvalue weighted by atomic mass is 9.78. The second-order valence-electron chi connectivity index (χ2n) is 7.49. The molecule has 0 saturated carbocycles. The summed E-state index contributed by atoms with van der Waals surface area (Å²) in [6.45, 7) is 2.77. The minimum Gasteiger partial charge on any atom is -0.296 e. The highest BCUT2D eigenvalue weighted by Gasteiger charge is 2.41. The number of hydrogen-bond acceptors (Lipinski definition) is 3. The molecule has 1 heterocycles. The van der Waals surface area contributed by atoms with Gasteiger partial charge in [-0.15, -0.1) is 0 Å². The molecule has 0 N–H and O–H groups in total. The minimum absolute atomic E-state index is 0.132. The fourth-order valence-electron chi connectivity index (χ4n) is 3.56. The van der Waals surface area contributed by atoms with Crippen molar-refractivity contribution in [2.45, 2.75) is 19.8 Å². The molecule has 2 aromatic rings. The van der Waals surface area contributed by atoms with E-state index in [1.165, 1.54) is 0 Å². The van der Waals surface area contributed by atoms with Crippen LogP contribution < -0.4 is 4.90 Å². The zero-order chi connectivity index (χ0) is 21.0. The number of urea groups is 1. The molecule has 0 spiro atoms. The second kappa shape index (κ2) is 9.54. The van der Waals surface area contributed by atoms with Crippen molar-refractivity contribution in [3.05, 3.63) is 63.6 Å². The van der Waals surface area contributed by atoms with Gasteiger partial charge in [0.25, 0.3) is 0 Å². The topological polar surface area (TPSA) is 35.9 Å². The van der Waals surface area contributed by atoms with Crippen LogP contribution >= 0.6 is 39.3 Å². The van der Waals surface area contributed by atoms with Crippen LogP contribution in [0, 0.1) is 5.41 Å². The van der Waals surface area contributed by atoms with Crippen LogP contribution in [-0.4, -0.2) is 42.4 Å². The number of rotatable bonds is 6. The van der Waals surface area contributed by atoms with E-state index >= 15 is 0 Å². The molecule has 0 radical (unpaired) electrons. The van der Waals surface area contributed by atoms with Crippen molar-refractivity contribution in [2.75, 3.05) is 30.5 Å². The first-order valence-corrected chi connectivity index (χ1v) is 12.1. The average Bonchev–Trinajstić information content (AvgIpc) is 3.06. The number of carbonyl (C=O) groups is 1. The maximum atomic E-state index is 13.2. The van der Waals surface area contributed by atoms with E-state index in [1.54, 1.807) is 17.0 Å². The zero-order valence-corrected chi connectivity index (χ0v) is 20.0. The van der Waals surface area contributed by atoms with E-state index in [9.17, 15) is 4.79 Å². The van der Waals surface area contributed by atoms with Crippen LogP contribution in [0.1, 0.15) is 25.3 Å². The van der Waals surface area contributed by atoms with Crippen LogP contribution in [-0.2, 0) is 0 Å². The molecule has 1 unspecified atom stereocenters. The van der Waals surface area contributed by atoms with Gasteiger partial charge in [-0.2, -0.15) is 16.9 Å². The van der Waals surface area contributed by atoms with E-state index in [2.05, 4.69) is 29.1 Å². The molecule has 1 aliphatic heterocycles. The maximum Gasteiger partial charge on any atom is 0.344 e. The molecular formula is C22H25BrClN3OS. The van der Waals surface area contributed by atoms with Crippen molar-refractivity contribution in [2.24, 2.45) is 10.5 Å². The van der Waals surface area contributed by atoms with E-state index in [-0.39, 0.29) is 11.4 Å². The van der Waals surface area contributed by atoms with Crippen molar-refractivity contribution in [3.8, 4) is 0 Å². The summed E-state index contributed by atoms with van der Waals surface area (Å²) in [5.41, 5.74) is 2.60. The molecule has 3 rings (SSSR count). The van der Waals surface area contributed by atoms with Gasteiger partial charge in [-0.3, -0.25) is 4.90 Å². The summed E-state index contributed by atoms with van der Waals surface area (Å²) < 4.78 is 0.979. The monoisotopic (exact) mass is 493 g/mol. The summed E-state index contributed by atoms with van der Waals surface area (Å²) in [6, 6.07) is 15.3. The third kappa shape index (κ3) is 5.16. The average molecular weight is 495 g/mol. The Labute approximate surface area is 190 Å². The van der Waals surface area contributed by atoms with Crippen molar-refractivity contribution in [1.29, 1.82) is 0 Å². The molecule has 0 bridgehead atoms. The Morgan fingerprint density at radius 1 is 1.24 bits per heavy atom. The number of amides is 2. The predicted molar refractivity (Wildman–Crippen MR) is 128 cm³/mol. The molecule has 2 aromatic carbocycles. The third-order valence-electron chi connectivity index (χ3n) is 5.21. The summed E-state index contributed by atoms with van der Waals surface area (Å²) >= 11 is 11.4. The molecule has 1 aliphatic rings. The Bertz CT molecular complexity index is 888. The number of halogens is 2. The van der Waals surface area contributed by atoms with Gasteiger partial charge in [-0.1, -0.05) is 46.6 Å². The molecule has 0 aliphatic carbocycles. The van der Waals surface area contributed by atoms with Gasteiger partial charge in [0.15, 0.2) is 0 Å². The van der Waals surface area contributed by atoms with E-state index in [4.69, 9.17) is 16.7 Å². The first-order valence-electron chi connectivity index (χ1n) is 9.49. The van der Waals surface area contributed by atoms with E-state index in [0.717, 1.165) is 40.0 Å². The number of anilines is 1. The van der Waals surface area contributed by atoms with Crippen LogP contribution in [0.3, 0.4) is 0 Å². The van der Waals surface area contributed by atoms with Gasteiger partial charge < -0.3 is 0 Å². The fraction of sp³-hybridized carbons (Fsp3) is 0.364. The first-order chi connectivity index (χ1) is 13.8. The van der Waals surface area contributed by atoms with Crippen molar-refractivity contribution >= 4 is 56.7 Å². The number of nitrogens with zero attached hydrogens (tertiary/aromatic N) is 3. The van der Waals surface area contributed by atoms with Crippen LogP contribution in [0.2, 0.25) is 5.02 Å². The highest BCUT2D eigenvalue weighted by molar-refractivity contribution is 9.10. The van der Waals surface area contributed by atoms with Gasteiger partial charge in [-0.05, 0) is 66.8 Å². The van der Waals surface area contributed by atoms with Gasteiger partial charge in [0.05, 0.1) is 12.3 Å². The summed E-state index contributed by atoms with van der Waals surface area (Å²) in [5, 5.41) is 7.08. The normalized spacial score (nSPS) is 18.7. The molecule has 4 nitrogen and oxygen atoms in total. The summed E-state index contributed by atoms with van der Waals surface area (Å²) in [6.07, 6.45) is 4.17. The van der Waals surface area contributed by atoms with Crippen molar-refractivity contribution in [1.82, 2.24) is 5.01 Å². The van der Waals surface area contributed by atoms with Gasteiger partial charge in [-0.25, -0.2) is 9.80 Å². The van der Waals surface area contributed by atoms with E-state index in [0.29, 0.717) is 11.6 Å². The van der Waals surface area contributed by atoms with Crippen LogP contribution in [0.5, 0.6) is 0 Å². The quantitative estimate of drug-likeness (QED) is 0.428. The first kappa shape index (κ1) is 22.2. The van der Waals surface area contributed by atoms with Gasteiger partial charge in [0.1, 0.15) is 0 Å². The summed E-state index contributed by atoms with van der Waals surface area (Å²) in [7, 11) is 1.78. The predicted octanol–water partition coefficient (Wildman–Crippen LogP) is 6.53. The largest absolute Gasteiger partial charge is 0.344 e. The number of hydrazone groups is 1. The van der Waals surface area contributed by atoms with Gasteiger partial charge in [0, 0.05) is 27.6 Å². The lowest BCUT2D eigenvalue weighted by Gasteiger charge is -2.28. The second-order valence-corrected chi connectivity index (χ2v) is 9.83. The maximum absolute atomic E-state index is 13.2. The molecule has 0 aromatic heterocycles. The zero-order valence-electron chi connectivity index (χ0n) is 16.9. The standard InChI is InChI=1S/C22H25BrClN3OS/c1-22(13-4-14-29-3)15-27(25-20(22)16-5-9-18(24)10-6-16)21(28)26(2)19-11-7-17(23)8-12-19/h5-12H,4,13-15H2,1-3H3. The summed E-state index contributed by atoms with van der Waals surface area (Å²) in [5.74, 6) is 1.09. The summed E-state index contributed by atoms with van der Waals surface area (Å²) in [4.78, 5) is 14.8. The molecular weight excluding hydrogens is 470 g/mol. The highest BCUT2D eigenvalue weighted by Crippen LogP contribution is 2.37. The SMILES string of the molecule is CSCCCC1(C)CN(C(=O)N(C)c2ccc(Br)cc2)N=C1c1ccc(Cl)cc1. The number of benzene rings is 2. The Morgan fingerprint density at radius 2 is 1.90 bits per heavy atom. The number of carbonyl (C=O) groups excluding carboxylic acids is 1. The Hall–Kier alpha value is -1.50. The molecule has 7 heteroatoms. The third-order valence-corrected chi connectivity index (χ3v) is 6.69. The van der Waals surface area contributed by atoms with Crippen LogP contribution in [0.25, 0.3) is 0 Å². The Kier molecular flexibility index (Phi) is 7.30. The molecule has 0 saturated heterocycles. The smallest absolute Gasteiger partial charge is 0.296 e. The van der Waals surface area contributed by atoms with Crippen molar-refractivity contribution < 1.29 is 4.79 Å². The Morgan fingerprint density at radius 3 is 2.52 bits per heavy atom. The number of thioether (sulfide) groups is 1. The molecule has 29 heavy (non-hydrogen) atoms. The van der Waals surface area contributed by atoms with Crippen molar-refractivity contribution in [3.63, 3.8) is 0 Å². The lowest BCUT2D eigenvalue weighted by molar-refractivity contribution is 0.201. The van der Waals surface area contributed by atoms with Crippen LogP contribution in [0.4, 0.5) is 10.5 Å².